The molecule has 2 heterocycles. The van der Waals surface area contributed by atoms with Gasteiger partial charge in [0, 0.05) is 11.9 Å². The van der Waals surface area contributed by atoms with Gasteiger partial charge in [0.05, 0.1) is 25.8 Å². The molecular formula is C19H20F2N2O2. The second-order valence-electron chi connectivity index (χ2n) is 6.55. The summed E-state index contributed by atoms with van der Waals surface area (Å²) in [6.07, 6.45) is 1.70. The fourth-order valence-corrected chi connectivity index (χ4v) is 2.84. The maximum Gasteiger partial charge on any atom is 0.282 e. The molecule has 1 aromatic carbocycles. The molecule has 0 N–H and O–H groups in total. The highest BCUT2D eigenvalue weighted by molar-refractivity contribution is 6.01. The summed E-state index contributed by atoms with van der Waals surface area (Å²) in [6, 6.07) is 8.88. The third-order valence-corrected chi connectivity index (χ3v) is 4.27. The maximum atomic E-state index is 13.1. The zero-order valence-corrected chi connectivity index (χ0v) is 14.4. The third kappa shape index (κ3) is 3.48. The van der Waals surface area contributed by atoms with E-state index in [0.717, 1.165) is 16.2 Å². The molecule has 0 saturated carbocycles. The Hall–Kier alpha value is -2.50. The van der Waals surface area contributed by atoms with E-state index in [9.17, 15) is 13.6 Å². The van der Waals surface area contributed by atoms with Gasteiger partial charge in [-0.25, -0.2) is 8.78 Å². The molecule has 1 aliphatic rings. The van der Waals surface area contributed by atoms with Crippen LogP contribution in [-0.4, -0.2) is 41.9 Å². The van der Waals surface area contributed by atoms with Gasteiger partial charge in [-0.05, 0) is 47.4 Å². The number of alkyl halides is 2. The summed E-state index contributed by atoms with van der Waals surface area (Å²) in [5.41, 5.74) is 2.78. The molecule has 1 fully saturated rings. The molecule has 0 aliphatic carbocycles. The van der Waals surface area contributed by atoms with E-state index in [-0.39, 0.29) is 5.92 Å². The number of benzene rings is 1. The van der Waals surface area contributed by atoms with Gasteiger partial charge in [0.2, 0.25) is 0 Å². The van der Waals surface area contributed by atoms with Crippen molar-refractivity contribution in [2.24, 2.45) is 0 Å². The Bertz CT molecular complexity index is 798. The number of hydrogen-bond acceptors (Lipinski definition) is 3. The van der Waals surface area contributed by atoms with E-state index in [2.05, 4.69) is 4.98 Å². The Morgan fingerprint density at radius 1 is 1.24 bits per heavy atom. The van der Waals surface area contributed by atoms with Crippen molar-refractivity contribution >= 4 is 5.91 Å². The first-order valence-corrected chi connectivity index (χ1v) is 8.12. The van der Waals surface area contributed by atoms with Crippen molar-refractivity contribution in [3.63, 3.8) is 0 Å². The second-order valence-corrected chi connectivity index (χ2v) is 6.55. The lowest BCUT2D eigenvalue weighted by Gasteiger charge is -2.39. The first-order valence-electron chi connectivity index (χ1n) is 8.12. The summed E-state index contributed by atoms with van der Waals surface area (Å²) in [5.74, 6) is -2.46. The first-order chi connectivity index (χ1) is 11.8. The number of amides is 1. The molecule has 0 spiro atoms. The molecular weight excluding hydrogens is 326 g/mol. The lowest BCUT2D eigenvalue weighted by atomic mass is 9.96. The van der Waals surface area contributed by atoms with Crippen LogP contribution in [0, 0.1) is 0 Å². The summed E-state index contributed by atoms with van der Waals surface area (Å²) in [5, 5.41) is 0. The third-order valence-electron chi connectivity index (χ3n) is 4.27. The van der Waals surface area contributed by atoms with E-state index in [4.69, 9.17) is 4.74 Å². The molecule has 6 heteroatoms. The highest BCUT2D eigenvalue weighted by atomic mass is 19.3. The summed E-state index contributed by atoms with van der Waals surface area (Å²) in [7, 11) is 1.50. The molecule has 4 nitrogen and oxygen atoms in total. The van der Waals surface area contributed by atoms with E-state index in [1.807, 2.05) is 26.0 Å². The largest absolute Gasteiger partial charge is 0.497 e. The number of rotatable bonds is 4. The quantitative estimate of drug-likeness (QED) is 0.841. The van der Waals surface area contributed by atoms with Gasteiger partial charge in [0.1, 0.15) is 5.75 Å². The molecule has 0 atom stereocenters. The zero-order valence-electron chi connectivity index (χ0n) is 14.4. The number of methoxy groups -OCH3 is 1. The number of ether oxygens (including phenoxy) is 1. The summed E-state index contributed by atoms with van der Waals surface area (Å²) >= 11 is 0. The summed E-state index contributed by atoms with van der Waals surface area (Å²) in [6.45, 7) is 2.98. The number of halogens is 2. The van der Waals surface area contributed by atoms with Gasteiger partial charge in [0.25, 0.3) is 11.8 Å². The van der Waals surface area contributed by atoms with Crippen LogP contribution >= 0.6 is 0 Å². The van der Waals surface area contributed by atoms with Crippen molar-refractivity contribution in [1.29, 1.82) is 0 Å². The van der Waals surface area contributed by atoms with Crippen LogP contribution in [0.4, 0.5) is 8.78 Å². The number of carbonyl (C=O) groups is 1. The van der Waals surface area contributed by atoms with Crippen molar-refractivity contribution in [2.45, 2.75) is 25.7 Å². The Morgan fingerprint density at radius 2 is 1.96 bits per heavy atom. The molecule has 25 heavy (non-hydrogen) atoms. The Balaban J connectivity index is 2.02. The van der Waals surface area contributed by atoms with Crippen molar-refractivity contribution < 1.29 is 18.3 Å². The predicted molar refractivity (Wildman–Crippen MR) is 91.2 cm³/mol. The molecule has 1 amide bonds. The fourth-order valence-electron chi connectivity index (χ4n) is 2.84. The molecule has 1 aromatic heterocycles. The van der Waals surface area contributed by atoms with E-state index in [0.29, 0.717) is 16.9 Å². The lowest BCUT2D eigenvalue weighted by molar-refractivity contribution is -0.113. The number of likely N-dealkylation sites (tertiary alicyclic amines) is 1. The van der Waals surface area contributed by atoms with Crippen LogP contribution in [0.3, 0.4) is 0 Å². The van der Waals surface area contributed by atoms with Crippen molar-refractivity contribution in [1.82, 2.24) is 9.88 Å². The van der Waals surface area contributed by atoms with Gasteiger partial charge >= 0.3 is 0 Å². The smallest absolute Gasteiger partial charge is 0.282 e. The van der Waals surface area contributed by atoms with Crippen molar-refractivity contribution in [3.8, 4) is 16.9 Å². The normalized spacial score (nSPS) is 15.8. The van der Waals surface area contributed by atoms with E-state index >= 15 is 0 Å². The lowest BCUT2D eigenvalue weighted by Crippen LogP contribution is -2.58. The van der Waals surface area contributed by atoms with Gasteiger partial charge in [-0.15, -0.1) is 0 Å². The number of aromatic nitrogens is 1. The number of nitrogens with zero attached hydrogens (tertiary/aromatic N) is 2. The summed E-state index contributed by atoms with van der Waals surface area (Å²) < 4.78 is 31.5. The Morgan fingerprint density at radius 3 is 2.56 bits per heavy atom. The van der Waals surface area contributed by atoms with Gasteiger partial charge in [-0.2, -0.15) is 0 Å². The first kappa shape index (κ1) is 17.3. The minimum atomic E-state index is -2.80. The van der Waals surface area contributed by atoms with Crippen LogP contribution in [0.5, 0.6) is 5.75 Å². The van der Waals surface area contributed by atoms with Crippen LogP contribution in [0.15, 0.2) is 36.5 Å². The number of hydrogen-bond donors (Lipinski definition) is 0. The molecule has 1 saturated heterocycles. The highest BCUT2D eigenvalue weighted by Gasteiger charge is 2.46. The standard InChI is InChI=1S/C19H20F2N2O2/c1-12(2)17-8-13(6-7-22-17)15-5-4-14(25-3)9-16(15)18(24)23-10-19(20,21)11-23/h4-9,12H,10-11H2,1-3H3. The molecule has 1 aliphatic heterocycles. The molecule has 0 bridgehead atoms. The van der Waals surface area contributed by atoms with Gasteiger partial charge < -0.3 is 9.64 Å². The average molecular weight is 346 g/mol. The van der Waals surface area contributed by atoms with Crippen LogP contribution < -0.4 is 4.74 Å². The van der Waals surface area contributed by atoms with E-state index in [1.54, 1.807) is 24.4 Å². The minimum absolute atomic E-state index is 0.242. The molecule has 2 aromatic rings. The zero-order chi connectivity index (χ0) is 18.2. The van der Waals surface area contributed by atoms with Crippen LogP contribution in [0.2, 0.25) is 0 Å². The Kier molecular flexibility index (Phi) is 4.45. The van der Waals surface area contributed by atoms with Crippen molar-refractivity contribution in [3.05, 3.63) is 47.8 Å². The maximum absolute atomic E-state index is 13.1. The number of carbonyl (C=O) groups excluding carboxylic acids is 1. The molecule has 0 unspecified atom stereocenters. The predicted octanol–water partition coefficient (Wildman–Crippen LogP) is 3.97. The second kappa shape index (κ2) is 6.43. The van der Waals surface area contributed by atoms with Gasteiger partial charge in [-0.1, -0.05) is 13.8 Å². The Labute approximate surface area is 145 Å². The minimum Gasteiger partial charge on any atom is -0.497 e. The topological polar surface area (TPSA) is 42.4 Å². The fraction of sp³-hybridized carbons (Fsp3) is 0.368. The molecule has 3 rings (SSSR count). The van der Waals surface area contributed by atoms with E-state index in [1.165, 1.54) is 7.11 Å². The van der Waals surface area contributed by atoms with Crippen LogP contribution in [-0.2, 0) is 0 Å². The summed E-state index contributed by atoms with van der Waals surface area (Å²) in [4.78, 5) is 18.2. The SMILES string of the molecule is COc1ccc(-c2ccnc(C(C)C)c2)c(C(=O)N2CC(F)(F)C2)c1. The van der Waals surface area contributed by atoms with Gasteiger partial charge in [0.15, 0.2) is 0 Å². The van der Waals surface area contributed by atoms with E-state index < -0.39 is 24.9 Å². The van der Waals surface area contributed by atoms with Crippen LogP contribution in [0.25, 0.3) is 11.1 Å². The van der Waals surface area contributed by atoms with Crippen LogP contribution in [0.1, 0.15) is 35.8 Å². The highest BCUT2D eigenvalue weighted by Crippen LogP contribution is 2.33. The van der Waals surface area contributed by atoms with Gasteiger partial charge in [-0.3, -0.25) is 9.78 Å². The average Bonchev–Trinajstić information content (AvgIpc) is 2.58. The number of pyridine rings is 1. The molecule has 132 valence electrons. The van der Waals surface area contributed by atoms with Crippen molar-refractivity contribution in [2.75, 3.05) is 20.2 Å². The monoisotopic (exact) mass is 346 g/mol. The molecule has 0 radical (unpaired) electrons.